The number of amides is 1. The van der Waals surface area contributed by atoms with Gasteiger partial charge in [0.25, 0.3) is 0 Å². The van der Waals surface area contributed by atoms with Crippen LogP contribution < -0.4 is 11.1 Å². The smallest absolute Gasteiger partial charge is 0.217 e. The molecule has 0 aromatic rings. The lowest BCUT2D eigenvalue weighted by molar-refractivity contribution is -0.119. The van der Waals surface area contributed by atoms with Crippen LogP contribution in [-0.4, -0.2) is 25.2 Å². The van der Waals surface area contributed by atoms with Gasteiger partial charge in [0.2, 0.25) is 5.91 Å². The molecule has 0 spiro atoms. The standard InChI is InChI=1S/C7H15FN2O/c1-6(11)10-7(5-8)3-2-4-9/h7H,2-5,9H2,1H3,(H,10,11). The van der Waals surface area contributed by atoms with Gasteiger partial charge in [-0.3, -0.25) is 4.79 Å². The van der Waals surface area contributed by atoms with Crippen molar-refractivity contribution >= 4 is 5.91 Å². The first-order chi connectivity index (χ1) is 5.20. The third kappa shape index (κ3) is 5.79. The number of rotatable bonds is 5. The van der Waals surface area contributed by atoms with Gasteiger partial charge >= 0.3 is 0 Å². The average molecular weight is 162 g/mol. The van der Waals surface area contributed by atoms with Crippen LogP contribution in [0.25, 0.3) is 0 Å². The van der Waals surface area contributed by atoms with E-state index < -0.39 is 6.67 Å². The second-order valence-corrected chi connectivity index (χ2v) is 2.48. The fraction of sp³-hybridized carbons (Fsp3) is 0.857. The number of carbonyl (C=O) groups is 1. The minimum Gasteiger partial charge on any atom is -0.351 e. The Hall–Kier alpha value is -0.640. The highest BCUT2D eigenvalue weighted by Crippen LogP contribution is 1.96. The predicted octanol–water partition coefficient (Wildman–Crippen LogP) is 0.200. The van der Waals surface area contributed by atoms with Gasteiger partial charge in [-0.1, -0.05) is 0 Å². The normalized spacial score (nSPS) is 12.6. The van der Waals surface area contributed by atoms with Crippen molar-refractivity contribution in [1.82, 2.24) is 5.32 Å². The van der Waals surface area contributed by atoms with Gasteiger partial charge in [-0.25, -0.2) is 4.39 Å². The van der Waals surface area contributed by atoms with E-state index in [0.717, 1.165) is 6.42 Å². The lowest BCUT2D eigenvalue weighted by Gasteiger charge is -2.12. The molecule has 0 bridgehead atoms. The van der Waals surface area contributed by atoms with E-state index in [4.69, 9.17) is 5.73 Å². The first-order valence-electron chi connectivity index (χ1n) is 3.73. The quantitative estimate of drug-likeness (QED) is 0.606. The summed E-state index contributed by atoms with van der Waals surface area (Å²) >= 11 is 0. The van der Waals surface area contributed by atoms with Crippen molar-refractivity contribution in [3.05, 3.63) is 0 Å². The molecule has 4 heteroatoms. The van der Waals surface area contributed by atoms with Gasteiger partial charge in [0.1, 0.15) is 6.67 Å². The molecule has 66 valence electrons. The third-order valence-corrected chi connectivity index (χ3v) is 1.35. The van der Waals surface area contributed by atoms with Crippen molar-refractivity contribution in [2.24, 2.45) is 5.73 Å². The maximum absolute atomic E-state index is 12.1. The molecular formula is C7H15FN2O. The Morgan fingerprint density at radius 3 is 2.73 bits per heavy atom. The number of alkyl halides is 1. The Balaban J connectivity index is 3.49. The second-order valence-electron chi connectivity index (χ2n) is 2.48. The molecule has 11 heavy (non-hydrogen) atoms. The number of nitrogens with two attached hydrogens (primary N) is 1. The zero-order valence-corrected chi connectivity index (χ0v) is 6.77. The van der Waals surface area contributed by atoms with Crippen molar-refractivity contribution < 1.29 is 9.18 Å². The van der Waals surface area contributed by atoms with Crippen LogP contribution in [0.3, 0.4) is 0 Å². The third-order valence-electron chi connectivity index (χ3n) is 1.35. The summed E-state index contributed by atoms with van der Waals surface area (Å²) < 4.78 is 12.1. The summed E-state index contributed by atoms with van der Waals surface area (Å²) in [6, 6.07) is -0.351. The molecule has 0 heterocycles. The lowest BCUT2D eigenvalue weighted by Crippen LogP contribution is -2.35. The molecule has 0 aliphatic heterocycles. The highest BCUT2D eigenvalue weighted by molar-refractivity contribution is 5.73. The molecular weight excluding hydrogens is 147 g/mol. The fourth-order valence-electron chi connectivity index (χ4n) is 0.840. The Labute approximate surface area is 66.1 Å². The number of nitrogens with one attached hydrogen (secondary N) is 1. The van der Waals surface area contributed by atoms with E-state index in [0.29, 0.717) is 13.0 Å². The number of hydrogen-bond donors (Lipinski definition) is 2. The Kier molecular flexibility index (Phi) is 5.74. The fourth-order valence-corrected chi connectivity index (χ4v) is 0.840. The summed E-state index contributed by atoms with van der Waals surface area (Å²) in [7, 11) is 0. The van der Waals surface area contributed by atoms with E-state index in [9.17, 15) is 9.18 Å². The largest absolute Gasteiger partial charge is 0.351 e. The zero-order chi connectivity index (χ0) is 8.69. The molecule has 0 rings (SSSR count). The van der Waals surface area contributed by atoms with Crippen LogP contribution in [0.1, 0.15) is 19.8 Å². The van der Waals surface area contributed by atoms with E-state index in [1.54, 1.807) is 0 Å². The van der Waals surface area contributed by atoms with Crippen molar-refractivity contribution in [3.8, 4) is 0 Å². The molecule has 0 aromatic carbocycles. The van der Waals surface area contributed by atoms with Crippen LogP contribution in [0.2, 0.25) is 0 Å². The van der Waals surface area contributed by atoms with Gasteiger partial charge in [0, 0.05) is 6.92 Å². The van der Waals surface area contributed by atoms with Crippen LogP contribution in [0.5, 0.6) is 0 Å². The van der Waals surface area contributed by atoms with Gasteiger partial charge in [-0.15, -0.1) is 0 Å². The topological polar surface area (TPSA) is 55.1 Å². The molecule has 0 fully saturated rings. The SMILES string of the molecule is CC(=O)NC(CF)CCCN. The summed E-state index contributed by atoms with van der Waals surface area (Å²) in [6.45, 7) is 1.40. The molecule has 0 aromatic heterocycles. The number of carbonyl (C=O) groups excluding carboxylic acids is 1. The summed E-state index contributed by atoms with van der Waals surface area (Å²) in [5, 5.41) is 2.49. The Morgan fingerprint density at radius 1 is 1.73 bits per heavy atom. The molecule has 0 aliphatic rings. The first kappa shape index (κ1) is 10.4. The summed E-state index contributed by atoms with van der Waals surface area (Å²) in [4.78, 5) is 10.5. The number of halogens is 1. The Morgan fingerprint density at radius 2 is 2.36 bits per heavy atom. The maximum atomic E-state index is 12.1. The van der Waals surface area contributed by atoms with Crippen LogP contribution >= 0.6 is 0 Å². The van der Waals surface area contributed by atoms with Crippen molar-refractivity contribution in [2.75, 3.05) is 13.2 Å². The summed E-state index contributed by atoms with van der Waals surface area (Å²) in [5.74, 6) is -0.190. The van der Waals surface area contributed by atoms with Crippen molar-refractivity contribution in [2.45, 2.75) is 25.8 Å². The molecule has 0 saturated heterocycles. The van der Waals surface area contributed by atoms with Gasteiger partial charge in [0.15, 0.2) is 0 Å². The minimum atomic E-state index is -0.514. The number of hydrogen-bond acceptors (Lipinski definition) is 2. The molecule has 1 atom stereocenters. The van der Waals surface area contributed by atoms with E-state index in [1.165, 1.54) is 6.92 Å². The summed E-state index contributed by atoms with van der Waals surface area (Å²) in [5.41, 5.74) is 5.23. The molecule has 3 nitrogen and oxygen atoms in total. The van der Waals surface area contributed by atoms with E-state index in [2.05, 4.69) is 5.32 Å². The monoisotopic (exact) mass is 162 g/mol. The second kappa shape index (κ2) is 6.09. The molecule has 1 amide bonds. The van der Waals surface area contributed by atoms with Crippen molar-refractivity contribution in [1.29, 1.82) is 0 Å². The Bertz CT molecular complexity index is 119. The predicted molar refractivity (Wildman–Crippen MR) is 41.9 cm³/mol. The van der Waals surface area contributed by atoms with E-state index in [1.807, 2.05) is 0 Å². The van der Waals surface area contributed by atoms with Crippen LogP contribution in [0.4, 0.5) is 4.39 Å². The molecule has 0 radical (unpaired) electrons. The minimum absolute atomic E-state index is 0.190. The van der Waals surface area contributed by atoms with Crippen LogP contribution in [0.15, 0.2) is 0 Å². The highest BCUT2D eigenvalue weighted by Gasteiger charge is 2.07. The van der Waals surface area contributed by atoms with Gasteiger partial charge in [0.05, 0.1) is 6.04 Å². The molecule has 0 saturated carbocycles. The van der Waals surface area contributed by atoms with Crippen molar-refractivity contribution in [3.63, 3.8) is 0 Å². The van der Waals surface area contributed by atoms with E-state index in [-0.39, 0.29) is 11.9 Å². The molecule has 3 N–H and O–H groups in total. The van der Waals surface area contributed by atoms with Crippen LogP contribution in [0, 0.1) is 0 Å². The van der Waals surface area contributed by atoms with Crippen LogP contribution in [-0.2, 0) is 4.79 Å². The molecule has 1 unspecified atom stereocenters. The highest BCUT2D eigenvalue weighted by atomic mass is 19.1. The van der Waals surface area contributed by atoms with Gasteiger partial charge in [-0.2, -0.15) is 0 Å². The average Bonchev–Trinajstić information content (AvgIpc) is 1.97. The van der Waals surface area contributed by atoms with E-state index >= 15 is 0 Å². The van der Waals surface area contributed by atoms with Gasteiger partial charge in [-0.05, 0) is 19.4 Å². The lowest BCUT2D eigenvalue weighted by atomic mass is 10.2. The van der Waals surface area contributed by atoms with Gasteiger partial charge < -0.3 is 11.1 Å². The maximum Gasteiger partial charge on any atom is 0.217 e. The zero-order valence-electron chi connectivity index (χ0n) is 6.77. The molecule has 0 aliphatic carbocycles. The first-order valence-corrected chi connectivity index (χ1v) is 3.73. The summed E-state index contributed by atoms with van der Waals surface area (Å²) in [6.07, 6.45) is 1.36.